The van der Waals surface area contributed by atoms with Crippen LogP contribution in [0.2, 0.25) is 10.0 Å². The summed E-state index contributed by atoms with van der Waals surface area (Å²) in [6, 6.07) is 14.0. The van der Waals surface area contributed by atoms with Crippen molar-refractivity contribution in [3.8, 4) is 0 Å². The molecule has 0 fully saturated rings. The van der Waals surface area contributed by atoms with Gasteiger partial charge < -0.3 is 10.4 Å². The van der Waals surface area contributed by atoms with Crippen LogP contribution in [0.5, 0.6) is 0 Å². The number of halogens is 3. The van der Waals surface area contributed by atoms with Crippen molar-refractivity contribution in [3.05, 3.63) is 85.4 Å². The Morgan fingerprint density at radius 1 is 0.903 bits per heavy atom. The van der Waals surface area contributed by atoms with Crippen LogP contribution >= 0.6 is 45.8 Å². The minimum Gasteiger partial charge on any atom is -0.478 e. The first-order chi connectivity index (χ1) is 14.5. The molecule has 0 aliphatic heterocycles. The molecule has 0 unspecified atom stereocenters. The van der Waals surface area contributed by atoms with Crippen molar-refractivity contribution in [3.63, 3.8) is 0 Å². The molecule has 0 radical (unpaired) electrons. The summed E-state index contributed by atoms with van der Waals surface area (Å²) in [4.78, 5) is 23.8. The van der Waals surface area contributed by atoms with E-state index in [1.807, 2.05) is 22.6 Å². The number of carboxylic acid groups (broad SMARTS) is 1. The van der Waals surface area contributed by atoms with E-state index in [4.69, 9.17) is 23.2 Å². The van der Waals surface area contributed by atoms with Gasteiger partial charge in [-0.25, -0.2) is 13.2 Å². The highest BCUT2D eigenvalue weighted by Gasteiger charge is 2.17. The third-order valence-corrected chi connectivity index (χ3v) is 6.51. The Morgan fingerprint density at radius 3 is 2.10 bits per heavy atom. The van der Waals surface area contributed by atoms with E-state index in [1.54, 1.807) is 6.07 Å². The van der Waals surface area contributed by atoms with Crippen LogP contribution in [0, 0.1) is 3.57 Å². The second-order valence-electron chi connectivity index (χ2n) is 6.24. The topological polar surface area (TPSA) is 113 Å². The summed E-state index contributed by atoms with van der Waals surface area (Å²) in [5.74, 6) is -1.76. The number of benzene rings is 3. The summed E-state index contributed by atoms with van der Waals surface area (Å²) in [6.45, 7) is 0. The molecule has 0 bridgehead atoms. The van der Waals surface area contributed by atoms with E-state index in [9.17, 15) is 23.1 Å². The van der Waals surface area contributed by atoms with Crippen molar-refractivity contribution in [2.24, 2.45) is 0 Å². The van der Waals surface area contributed by atoms with Gasteiger partial charge in [0.15, 0.2) is 0 Å². The molecule has 3 aromatic rings. The zero-order chi connectivity index (χ0) is 22.8. The zero-order valence-electron chi connectivity index (χ0n) is 15.4. The van der Waals surface area contributed by atoms with E-state index >= 15 is 0 Å². The molecule has 0 saturated heterocycles. The van der Waals surface area contributed by atoms with E-state index < -0.39 is 21.9 Å². The predicted molar refractivity (Wildman–Crippen MR) is 128 cm³/mol. The standard InChI is InChI=1S/C20H13Cl2IN2O5S/c21-12-7-13(22)9-15(8-12)25-31(29,30)16-4-1-11(2-5-16)19(26)24-18-6-3-14(23)10-17(18)20(27)28/h1-10,25H,(H,24,26)(H,27,28). The Labute approximate surface area is 201 Å². The highest BCUT2D eigenvalue weighted by molar-refractivity contribution is 14.1. The summed E-state index contributed by atoms with van der Waals surface area (Å²) < 4.78 is 28.2. The van der Waals surface area contributed by atoms with E-state index in [0.29, 0.717) is 3.57 Å². The molecule has 0 aliphatic rings. The first-order valence-corrected chi connectivity index (χ1v) is 11.8. The molecule has 3 rings (SSSR count). The summed E-state index contributed by atoms with van der Waals surface area (Å²) >= 11 is 13.7. The molecular weight excluding hydrogens is 578 g/mol. The fourth-order valence-electron chi connectivity index (χ4n) is 2.61. The number of hydrogen-bond acceptors (Lipinski definition) is 4. The van der Waals surface area contributed by atoms with Crippen LogP contribution in [0.3, 0.4) is 0 Å². The van der Waals surface area contributed by atoms with Crippen molar-refractivity contribution in [1.82, 2.24) is 0 Å². The van der Waals surface area contributed by atoms with Gasteiger partial charge in [0.1, 0.15) is 0 Å². The number of carbonyl (C=O) groups is 2. The molecule has 0 heterocycles. The van der Waals surface area contributed by atoms with Crippen molar-refractivity contribution in [1.29, 1.82) is 0 Å². The van der Waals surface area contributed by atoms with Gasteiger partial charge in [0, 0.05) is 19.2 Å². The second-order valence-corrected chi connectivity index (χ2v) is 10.0. The van der Waals surface area contributed by atoms with Crippen molar-refractivity contribution in [2.45, 2.75) is 4.90 Å². The normalized spacial score (nSPS) is 11.1. The van der Waals surface area contributed by atoms with Crippen LogP contribution in [0.15, 0.2) is 65.6 Å². The first kappa shape index (κ1) is 23.3. The molecule has 0 aromatic heterocycles. The zero-order valence-corrected chi connectivity index (χ0v) is 19.9. The fourth-order valence-corrected chi connectivity index (χ4v) is 4.67. The minimum absolute atomic E-state index is 0.0520. The van der Waals surface area contributed by atoms with Crippen molar-refractivity contribution < 1.29 is 23.1 Å². The number of carboxylic acids is 1. The number of amides is 1. The predicted octanol–water partition coefficient (Wildman–Crippen LogP) is 5.35. The SMILES string of the molecule is O=C(Nc1ccc(I)cc1C(=O)O)c1ccc(S(=O)(=O)Nc2cc(Cl)cc(Cl)c2)cc1. The Kier molecular flexibility index (Phi) is 7.10. The molecule has 1 amide bonds. The van der Waals surface area contributed by atoms with Crippen LogP contribution in [0.1, 0.15) is 20.7 Å². The third-order valence-electron chi connectivity index (χ3n) is 4.00. The van der Waals surface area contributed by atoms with Crippen molar-refractivity contribution >= 4 is 79.1 Å². The number of sulfonamides is 1. The lowest BCUT2D eigenvalue weighted by Gasteiger charge is -2.11. The number of hydrogen-bond donors (Lipinski definition) is 3. The number of nitrogens with one attached hydrogen (secondary N) is 2. The monoisotopic (exact) mass is 590 g/mol. The highest BCUT2D eigenvalue weighted by atomic mass is 127. The largest absolute Gasteiger partial charge is 0.478 e. The quantitative estimate of drug-likeness (QED) is 0.335. The maximum atomic E-state index is 12.6. The second kappa shape index (κ2) is 9.43. The van der Waals surface area contributed by atoms with Crippen LogP contribution < -0.4 is 10.0 Å². The number of aromatic carboxylic acids is 1. The van der Waals surface area contributed by atoms with Gasteiger partial charge >= 0.3 is 5.97 Å². The van der Waals surface area contributed by atoms with Gasteiger partial charge in [0.2, 0.25) is 0 Å². The van der Waals surface area contributed by atoms with Gasteiger partial charge in [-0.3, -0.25) is 9.52 Å². The molecule has 3 N–H and O–H groups in total. The lowest BCUT2D eigenvalue weighted by molar-refractivity contribution is 0.0698. The molecule has 0 spiro atoms. The van der Waals surface area contributed by atoms with E-state index in [1.165, 1.54) is 54.6 Å². The van der Waals surface area contributed by atoms with Crippen molar-refractivity contribution in [2.75, 3.05) is 10.0 Å². The fraction of sp³-hybridized carbons (Fsp3) is 0. The molecule has 3 aromatic carbocycles. The van der Waals surface area contributed by atoms with Crippen LogP contribution in [0.25, 0.3) is 0 Å². The van der Waals surface area contributed by atoms with E-state index in [-0.39, 0.29) is 37.4 Å². The molecule has 160 valence electrons. The average molecular weight is 591 g/mol. The summed E-state index contributed by atoms with van der Waals surface area (Å²) in [6.07, 6.45) is 0. The number of carbonyl (C=O) groups excluding carboxylic acids is 1. The molecule has 0 saturated carbocycles. The smallest absolute Gasteiger partial charge is 0.337 e. The summed E-state index contributed by atoms with van der Waals surface area (Å²) in [5.41, 5.74) is 0.428. The lowest BCUT2D eigenvalue weighted by Crippen LogP contribution is -2.16. The number of rotatable bonds is 6. The maximum Gasteiger partial charge on any atom is 0.337 e. The Hall–Kier alpha value is -2.34. The highest BCUT2D eigenvalue weighted by Crippen LogP contribution is 2.25. The molecule has 0 atom stereocenters. The van der Waals surface area contributed by atoms with Crippen LogP contribution in [-0.2, 0) is 10.0 Å². The van der Waals surface area contributed by atoms with Crippen LogP contribution in [-0.4, -0.2) is 25.4 Å². The van der Waals surface area contributed by atoms with Gasteiger partial charge in [0.05, 0.1) is 21.8 Å². The molecule has 11 heteroatoms. The van der Waals surface area contributed by atoms with Gasteiger partial charge in [-0.15, -0.1) is 0 Å². The van der Waals surface area contributed by atoms with E-state index in [0.717, 1.165) is 0 Å². The van der Waals surface area contributed by atoms with Gasteiger partial charge in [-0.05, 0) is 83.3 Å². The van der Waals surface area contributed by atoms with Crippen LogP contribution in [0.4, 0.5) is 11.4 Å². The Bertz CT molecular complexity index is 1260. The Morgan fingerprint density at radius 2 is 1.52 bits per heavy atom. The van der Waals surface area contributed by atoms with Gasteiger partial charge in [-0.2, -0.15) is 0 Å². The summed E-state index contributed by atoms with van der Waals surface area (Å²) in [5, 5.41) is 12.4. The molecular formula is C20H13Cl2IN2O5S. The number of anilines is 2. The minimum atomic E-state index is -3.95. The van der Waals surface area contributed by atoms with E-state index in [2.05, 4.69) is 10.0 Å². The maximum absolute atomic E-state index is 12.6. The molecule has 7 nitrogen and oxygen atoms in total. The molecule has 0 aliphatic carbocycles. The Balaban J connectivity index is 1.79. The molecule has 31 heavy (non-hydrogen) atoms. The summed E-state index contributed by atoms with van der Waals surface area (Å²) in [7, 11) is -3.95. The average Bonchev–Trinajstić information content (AvgIpc) is 2.68. The lowest BCUT2D eigenvalue weighted by atomic mass is 10.1. The third kappa shape index (κ3) is 5.88. The first-order valence-electron chi connectivity index (χ1n) is 8.48. The van der Waals surface area contributed by atoms with Gasteiger partial charge in [0.25, 0.3) is 15.9 Å². The van der Waals surface area contributed by atoms with Gasteiger partial charge in [-0.1, -0.05) is 23.2 Å².